The van der Waals surface area contributed by atoms with Crippen LogP contribution in [0.3, 0.4) is 0 Å². The molecule has 2 heteroatoms. The monoisotopic (exact) mass is 261 g/mol. The SMILES string of the molecule is C=C/C=C(\SC)c1ccccc1NC(=C)C.CC. The third-order valence-electron chi connectivity index (χ3n) is 2.03. The van der Waals surface area contributed by atoms with Gasteiger partial charge in [-0.15, -0.1) is 11.8 Å². The second kappa shape index (κ2) is 9.60. The van der Waals surface area contributed by atoms with Crippen LogP contribution in [0, 0.1) is 0 Å². The minimum Gasteiger partial charge on any atom is -0.359 e. The van der Waals surface area contributed by atoms with Crippen LogP contribution in [0.2, 0.25) is 0 Å². The van der Waals surface area contributed by atoms with Crippen molar-refractivity contribution in [1.29, 1.82) is 0 Å². The van der Waals surface area contributed by atoms with Crippen LogP contribution >= 0.6 is 11.8 Å². The molecule has 1 aromatic carbocycles. The van der Waals surface area contributed by atoms with Crippen LogP contribution < -0.4 is 5.32 Å². The van der Waals surface area contributed by atoms with Crippen LogP contribution in [0.4, 0.5) is 5.69 Å². The molecule has 0 radical (unpaired) electrons. The topological polar surface area (TPSA) is 12.0 Å². The van der Waals surface area contributed by atoms with Gasteiger partial charge in [-0.1, -0.05) is 51.3 Å². The molecule has 0 spiro atoms. The molecular weight excluding hydrogens is 238 g/mol. The Morgan fingerprint density at radius 3 is 2.39 bits per heavy atom. The van der Waals surface area contributed by atoms with Crippen molar-refractivity contribution in [2.24, 2.45) is 0 Å². The van der Waals surface area contributed by atoms with E-state index in [1.165, 1.54) is 10.5 Å². The Hall–Kier alpha value is -1.41. The van der Waals surface area contributed by atoms with Gasteiger partial charge in [0.1, 0.15) is 0 Å². The summed E-state index contributed by atoms with van der Waals surface area (Å²) in [4.78, 5) is 1.19. The van der Waals surface area contributed by atoms with Crippen LogP contribution in [-0.2, 0) is 0 Å². The Bertz CT molecular complexity index is 419. The van der Waals surface area contributed by atoms with Crippen LogP contribution in [0.1, 0.15) is 26.3 Å². The van der Waals surface area contributed by atoms with Gasteiger partial charge in [0, 0.05) is 21.9 Å². The average molecular weight is 261 g/mol. The molecule has 18 heavy (non-hydrogen) atoms. The summed E-state index contributed by atoms with van der Waals surface area (Å²) in [5.41, 5.74) is 3.20. The average Bonchev–Trinajstić information content (AvgIpc) is 2.39. The minimum atomic E-state index is 0.937. The van der Waals surface area contributed by atoms with E-state index in [1.54, 1.807) is 11.8 Å². The first-order valence-electron chi connectivity index (χ1n) is 6.07. The van der Waals surface area contributed by atoms with E-state index < -0.39 is 0 Å². The number of hydrogen-bond acceptors (Lipinski definition) is 2. The van der Waals surface area contributed by atoms with Gasteiger partial charge >= 0.3 is 0 Å². The Labute approximate surface area is 116 Å². The number of allylic oxidation sites excluding steroid dienone is 3. The Balaban J connectivity index is 0.00000137. The summed E-state index contributed by atoms with van der Waals surface area (Å²) in [6.45, 7) is 13.6. The fourth-order valence-corrected chi connectivity index (χ4v) is 2.04. The number of hydrogen-bond donors (Lipinski definition) is 1. The van der Waals surface area contributed by atoms with Crippen molar-refractivity contribution in [1.82, 2.24) is 0 Å². The second-order valence-corrected chi connectivity index (χ2v) is 4.27. The zero-order valence-corrected chi connectivity index (χ0v) is 12.6. The first-order chi connectivity index (χ1) is 8.69. The quantitative estimate of drug-likeness (QED) is 0.698. The lowest BCUT2D eigenvalue weighted by Gasteiger charge is -2.12. The zero-order chi connectivity index (χ0) is 14.0. The van der Waals surface area contributed by atoms with Crippen molar-refractivity contribution < 1.29 is 0 Å². The Kier molecular flexibility index (Phi) is 8.85. The summed E-state index contributed by atoms with van der Waals surface area (Å²) in [7, 11) is 0. The van der Waals surface area contributed by atoms with E-state index in [0.717, 1.165) is 11.4 Å². The third-order valence-corrected chi connectivity index (χ3v) is 2.83. The van der Waals surface area contributed by atoms with E-state index in [4.69, 9.17) is 0 Å². The second-order valence-electron chi connectivity index (χ2n) is 3.42. The molecule has 0 saturated heterocycles. The highest BCUT2D eigenvalue weighted by atomic mass is 32.2. The number of benzene rings is 1. The maximum atomic E-state index is 3.87. The van der Waals surface area contributed by atoms with Gasteiger partial charge < -0.3 is 5.32 Å². The molecule has 0 bridgehead atoms. The first-order valence-corrected chi connectivity index (χ1v) is 7.30. The summed E-state index contributed by atoms with van der Waals surface area (Å²) in [5.74, 6) is 0. The maximum absolute atomic E-state index is 3.87. The van der Waals surface area contributed by atoms with E-state index in [2.05, 4.69) is 36.9 Å². The lowest BCUT2D eigenvalue weighted by molar-refractivity contribution is 1.39. The molecule has 0 aliphatic heterocycles. The molecule has 1 aromatic rings. The van der Waals surface area contributed by atoms with Gasteiger partial charge in [-0.3, -0.25) is 0 Å². The summed E-state index contributed by atoms with van der Waals surface area (Å²) in [6.07, 6.45) is 5.89. The van der Waals surface area contributed by atoms with Gasteiger partial charge in [0.15, 0.2) is 0 Å². The maximum Gasteiger partial charge on any atom is 0.0466 e. The Morgan fingerprint density at radius 2 is 1.89 bits per heavy atom. The van der Waals surface area contributed by atoms with E-state index in [0.29, 0.717) is 0 Å². The molecule has 1 rings (SSSR count). The van der Waals surface area contributed by atoms with Gasteiger partial charge in [-0.05, 0) is 25.3 Å². The standard InChI is InChI=1S/C14H17NS.C2H6/c1-5-8-14(16-4)12-9-6-7-10-13(12)15-11(2)3;1-2/h5-10,15H,1-2H2,3-4H3;1-2H3/b14-8-;. The number of nitrogens with one attached hydrogen (secondary N) is 1. The molecule has 0 fully saturated rings. The summed E-state index contributed by atoms with van der Waals surface area (Å²) < 4.78 is 0. The van der Waals surface area contributed by atoms with Gasteiger partial charge in [0.25, 0.3) is 0 Å². The molecule has 0 heterocycles. The third kappa shape index (κ3) is 5.28. The molecule has 0 amide bonds. The van der Waals surface area contributed by atoms with Crippen molar-refractivity contribution >= 4 is 22.4 Å². The molecular formula is C16H23NS. The smallest absolute Gasteiger partial charge is 0.0466 e. The largest absolute Gasteiger partial charge is 0.359 e. The van der Waals surface area contributed by atoms with Crippen LogP contribution in [0.25, 0.3) is 4.91 Å². The van der Waals surface area contributed by atoms with E-state index in [1.807, 2.05) is 45.1 Å². The molecule has 0 aromatic heterocycles. The van der Waals surface area contributed by atoms with Crippen molar-refractivity contribution in [3.05, 3.63) is 60.8 Å². The zero-order valence-electron chi connectivity index (χ0n) is 11.8. The van der Waals surface area contributed by atoms with Crippen molar-refractivity contribution in [2.75, 3.05) is 11.6 Å². The predicted octanol–water partition coefficient (Wildman–Crippen LogP) is 5.55. The molecule has 0 unspecified atom stereocenters. The number of thioether (sulfide) groups is 1. The van der Waals surface area contributed by atoms with Crippen LogP contribution in [0.5, 0.6) is 0 Å². The lowest BCUT2D eigenvalue weighted by Crippen LogP contribution is -1.97. The molecule has 0 aliphatic rings. The van der Waals surface area contributed by atoms with Crippen molar-refractivity contribution in [3.63, 3.8) is 0 Å². The van der Waals surface area contributed by atoms with E-state index >= 15 is 0 Å². The number of rotatable bonds is 5. The highest BCUT2D eigenvalue weighted by Crippen LogP contribution is 2.31. The first kappa shape index (κ1) is 16.6. The van der Waals surface area contributed by atoms with E-state index in [-0.39, 0.29) is 0 Å². The van der Waals surface area contributed by atoms with Crippen molar-refractivity contribution in [2.45, 2.75) is 20.8 Å². The fourth-order valence-electron chi connectivity index (χ4n) is 1.41. The molecule has 0 aliphatic carbocycles. The van der Waals surface area contributed by atoms with E-state index in [9.17, 15) is 0 Å². The molecule has 1 nitrogen and oxygen atoms in total. The normalized spacial score (nSPS) is 10.1. The number of anilines is 1. The highest BCUT2D eigenvalue weighted by molar-refractivity contribution is 8.07. The molecule has 0 saturated carbocycles. The van der Waals surface area contributed by atoms with Gasteiger partial charge in [0.05, 0.1) is 0 Å². The molecule has 1 N–H and O–H groups in total. The summed E-state index contributed by atoms with van der Waals surface area (Å²) in [5, 5.41) is 3.26. The molecule has 0 atom stereocenters. The van der Waals surface area contributed by atoms with Gasteiger partial charge in [0.2, 0.25) is 0 Å². The summed E-state index contributed by atoms with van der Waals surface area (Å²) in [6, 6.07) is 8.20. The van der Waals surface area contributed by atoms with Gasteiger partial charge in [-0.25, -0.2) is 0 Å². The lowest BCUT2D eigenvalue weighted by atomic mass is 10.1. The van der Waals surface area contributed by atoms with Gasteiger partial charge in [-0.2, -0.15) is 0 Å². The highest BCUT2D eigenvalue weighted by Gasteiger charge is 2.05. The van der Waals surface area contributed by atoms with Crippen LogP contribution in [-0.4, -0.2) is 6.26 Å². The number of para-hydroxylation sites is 1. The minimum absolute atomic E-state index is 0.937. The van der Waals surface area contributed by atoms with Crippen molar-refractivity contribution in [3.8, 4) is 0 Å². The Morgan fingerprint density at radius 1 is 1.28 bits per heavy atom. The van der Waals surface area contributed by atoms with Crippen LogP contribution in [0.15, 0.2) is 55.3 Å². The summed E-state index contributed by atoms with van der Waals surface area (Å²) >= 11 is 1.71. The molecule has 98 valence electrons. The fraction of sp³-hybridized carbons (Fsp3) is 0.250. The predicted molar refractivity (Wildman–Crippen MR) is 87.9 cm³/mol.